The van der Waals surface area contributed by atoms with E-state index >= 15 is 0 Å². The van der Waals surface area contributed by atoms with E-state index in [1.807, 2.05) is 49.4 Å². The summed E-state index contributed by atoms with van der Waals surface area (Å²) in [6.07, 6.45) is 0. The van der Waals surface area contributed by atoms with Gasteiger partial charge in [-0.15, -0.1) is 0 Å². The first kappa shape index (κ1) is 18.1. The third kappa shape index (κ3) is 4.49. The quantitative estimate of drug-likeness (QED) is 0.467. The van der Waals surface area contributed by atoms with Gasteiger partial charge in [-0.05, 0) is 50.2 Å². The maximum Gasteiger partial charge on any atom is 0.332 e. The van der Waals surface area contributed by atoms with E-state index in [1.54, 1.807) is 19.1 Å². The van der Waals surface area contributed by atoms with E-state index in [4.69, 9.17) is 4.74 Å². The third-order valence-electron chi connectivity index (χ3n) is 3.70. The number of nitrogens with zero attached hydrogens (tertiary/aromatic N) is 3. The van der Waals surface area contributed by atoms with Gasteiger partial charge < -0.3 is 15.4 Å². The Hall–Kier alpha value is -3.68. The Morgan fingerprint density at radius 3 is 2.30 bits per heavy atom. The fourth-order valence-corrected chi connectivity index (χ4v) is 2.52. The molecule has 2 N–H and O–H groups in total. The second kappa shape index (κ2) is 8.13. The van der Waals surface area contributed by atoms with E-state index in [2.05, 4.69) is 20.6 Å². The minimum atomic E-state index is -0.485. The summed E-state index contributed by atoms with van der Waals surface area (Å²) in [6, 6.07) is 16.5. The average molecular weight is 365 g/mol. The number of aromatic nitrogens is 2. The Morgan fingerprint density at radius 2 is 1.67 bits per heavy atom. The highest BCUT2D eigenvalue weighted by molar-refractivity contribution is 5.69. The molecule has 0 saturated heterocycles. The van der Waals surface area contributed by atoms with Gasteiger partial charge in [0.25, 0.3) is 0 Å². The van der Waals surface area contributed by atoms with Crippen LogP contribution in [0.15, 0.2) is 54.6 Å². The second-order valence-corrected chi connectivity index (χ2v) is 5.66. The molecule has 0 unspecified atom stereocenters. The number of anilines is 4. The Bertz CT molecular complexity index is 930. The number of para-hydroxylation sites is 1. The van der Waals surface area contributed by atoms with E-state index < -0.39 is 4.92 Å². The number of aryl methyl sites for hydroxylation is 1. The molecular weight excluding hydrogens is 346 g/mol. The molecule has 0 aliphatic heterocycles. The van der Waals surface area contributed by atoms with E-state index in [0.717, 1.165) is 11.4 Å². The van der Waals surface area contributed by atoms with Gasteiger partial charge in [0.05, 0.1) is 11.5 Å². The Labute approximate surface area is 156 Å². The summed E-state index contributed by atoms with van der Waals surface area (Å²) in [6.45, 7) is 4.09. The average Bonchev–Trinajstić information content (AvgIpc) is 2.64. The van der Waals surface area contributed by atoms with Crippen LogP contribution < -0.4 is 15.4 Å². The van der Waals surface area contributed by atoms with Gasteiger partial charge in [-0.3, -0.25) is 10.1 Å². The van der Waals surface area contributed by atoms with E-state index in [1.165, 1.54) is 0 Å². The lowest BCUT2D eigenvalue weighted by atomic mass is 10.3. The summed E-state index contributed by atoms with van der Waals surface area (Å²) in [7, 11) is 0. The van der Waals surface area contributed by atoms with Crippen LogP contribution in [0.3, 0.4) is 0 Å². The highest BCUT2D eigenvalue weighted by Crippen LogP contribution is 2.30. The molecule has 2 aromatic carbocycles. The molecule has 0 radical (unpaired) electrons. The zero-order chi connectivity index (χ0) is 19.2. The van der Waals surface area contributed by atoms with Gasteiger partial charge >= 0.3 is 5.69 Å². The summed E-state index contributed by atoms with van der Waals surface area (Å²) < 4.78 is 5.41. The van der Waals surface area contributed by atoms with Crippen molar-refractivity contribution in [2.24, 2.45) is 0 Å². The molecule has 8 nitrogen and oxygen atoms in total. The summed E-state index contributed by atoms with van der Waals surface area (Å²) in [5.74, 6) is 1.16. The second-order valence-electron chi connectivity index (χ2n) is 5.66. The van der Waals surface area contributed by atoms with Gasteiger partial charge in [0.15, 0.2) is 0 Å². The van der Waals surface area contributed by atoms with Crippen LogP contribution in [-0.2, 0) is 0 Å². The number of nitro groups is 1. The lowest BCUT2D eigenvalue weighted by Crippen LogP contribution is -2.07. The number of rotatable bonds is 7. The molecule has 0 amide bonds. The zero-order valence-electron chi connectivity index (χ0n) is 15.0. The molecule has 0 aliphatic carbocycles. The van der Waals surface area contributed by atoms with Crippen molar-refractivity contribution in [2.45, 2.75) is 13.8 Å². The van der Waals surface area contributed by atoms with Crippen LogP contribution in [0.4, 0.5) is 28.8 Å². The molecule has 0 spiro atoms. The minimum Gasteiger partial charge on any atom is -0.494 e. The van der Waals surface area contributed by atoms with Gasteiger partial charge in [-0.25, -0.2) is 4.98 Å². The molecule has 0 fully saturated rings. The predicted octanol–water partition coefficient (Wildman–Crippen LogP) is 4.58. The number of hydrogen-bond acceptors (Lipinski definition) is 7. The van der Waals surface area contributed by atoms with E-state index in [0.29, 0.717) is 12.3 Å². The van der Waals surface area contributed by atoms with Gasteiger partial charge in [0.2, 0.25) is 11.8 Å². The monoisotopic (exact) mass is 365 g/mol. The maximum atomic E-state index is 11.5. The summed E-state index contributed by atoms with van der Waals surface area (Å²) in [4.78, 5) is 19.5. The summed E-state index contributed by atoms with van der Waals surface area (Å²) in [5, 5.41) is 17.5. The Balaban J connectivity index is 1.90. The molecule has 0 bridgehead atoms. The smallest absolute Gasteiger partial charge is 0.332 e. The molecular formula is C19H19N5O3. The molecule has 3 rings (SSSR count). The lowest BCUT2D eigenvalue weighted by molar-refractivity contribution is -0.385. The molecule has 0 aliphatic rings. The van der Waals surface area contributed by atoms with Crippen molar-refractivity contribution in [1.29, 1.82) is 0 Å². The fraction of sp³-hybridized carbons (Fsp3) is 0.158. The van der Waals surface area contributed by atoms with Crippen LogP contribution in [-0.4, -0.2) is 21.5 Å². The molecule has 1 heterocycles. The number of benzene rings is 2. The van der Waals surface area contributed by atoms with E-state index in [-0.39, 0.29) is 23.1 Å². The predicted molar refractivity (Wildman–Crippen MR) is 104 cm³/mol. The highest BCUT2D eigenvalue weighted by Gasteiger charge is 2.22. The molecule has 0 atom stereocenters. The van der Waals surface area contributed by atoms with Crippen molar-refractivity contribution < 1.29 is 9.66 Å². The molecule has 0 saturated carbocycles. The molecule has 27 heavy (non-hydrogen) atoms. The van der Waals surface area contributed by atoms with Crippen LogP contribution in [0.25, 0.3) is 0 Å². The topological polar surface area (TPSA) is 102 Å². The van der Waals surface area contributed by atoms with E-state index in [9.17, 15) is 10.1 Å². The first-order chi connectivity index (χ1) is 13.1. The summed E-state index contributed by atoms with van der Waals surface area (Å²) in [5.41, 5.74) is 1.56. The van der Waals surface area contributed by atoms with Crippen molar-refractivity contribution in [1.82, 2.24) is 9.97 Å². The molecule has 3 aromatic rings. The normalized spacial score (nSPS) is 10.3. The van der Waals surface area contributed by atoms with Gasteiger partial charge in [0, 0.05) is 11.4 Å². The Kier molecular flexibility index (Phi) is 5.46. The third-order valence-corrected chi connectivity index (χ3v) is 3.70. The van der Waals surface area contributed by atoms with Crippen LogP contribution in [0.5, 0.6) is 5.75 Å². The van der Waals surface area contributed by atoms with Gasteiger partial charge in [-0.2, -0.15) is 4.98 Å². The van der Waals surface area contributed by atoms with Crippen molar-refractivity contribution in [3.05, 3.63) is 70.4 Å². The minimum absolute atomic E-state index is 0.132. The Morgan fingerprint density at radius 1 is 1.00 bits per heavy atom. The fourth-order valence-electron chi connectivity index (χ4n) is 2.52. The highest BCUT2D eigenvalue weighted by atomic mass is 16.6. The van der Waals surface area contributed by atoms with Crippen molar-refractivity contribution in [2.75, 3.05) is 17.2 Å². The van der Waals surface area contributed by atoms with Crippen LogP contribution >= 0.6 is 0 Å². The molecule has 8 heteroatoms. The SMILES string of the molecule is CCOc1ccc(Nc2nc(C)c([N+](=O)[O-])c(Nc3ccccc3)n2)cc1. The largest absolute Gasteiger partial charge is 0.494 e. The van der Waals surface area contributed by atoms with Crippen LogP contribution in [0.1, 0.15) is 12.6 Å². The zero-order valence-corrected chi connectivity index (χ0v) is 15.0. The standard InChI is InChI=1S/C19H19N5O3/c1-3-27-16-11-9-15(10-12-16)22-19-20-13(2)17(24(25)26)18(23-19)21-14-7-5-4-6-8-14/h4-12H,3H2,1-2H3,(H2,20,21,22,23). The van der Waals surface area contributed by atoms with Crippen molar-refractivity contribution >= 4 is 28.8 Å². The number of nitrogens with one attached hydrogen (secondary N) is 2. The summed E-state index contributed by atoms with van der Waals surface area (Å²) >= 11 is 0. The maximum absolute atomic E-state index is 11.5. The molecule has 138 valence electrons. The number of ether oxygens (including phenoxy) is 1. The van der Waals surface area contributed by atoms with Crippen LogP contribution in [0.2, 0.25) is 0 Å². The first-order valence-corrected chi connectivity index (χ1v) is 8.42. The lowest BCUT2D eigenvalue weighted by Gasteiger charge is -2.11. The first-order valence-electron chi connectivity index (χ1n) is 8.42. The van der Waals surface area contributed by atoms with Gasteiger partial charge in [-0.1, -0.05) is 18.2 Å². The molecule has 1 aromatic heterocycles. The van der Waals surface area contributed by atoms with Gasteiger partial charge in [0.1, 0.15) is 11.4 Å². The van der Waals surface area contributed by atoms with Crippen molar-refractivity contribution in [3.8, 4) is 5.75 Å². The van der Waals surface area contributed by atoms with Crippen LogP contribution in [0, 0.1) is 17.0 Å². The number of hydrogen-bond donors (Lipinski definition) is 2. The van der Waals surface area contributed by atoms with Crippen molar-refractivity contribution in [3.63, 3.8) is 0 Å².